The highest BCUT2D eigenvalue weighted by molar-refractivity contribution is 7.15. The minimum absolute atomic E-state index is 0.521. The van der Waals surface area contributed by atoms with Gasteiger partial charge in [0.2, 0.25) is 0 Å². The molecule has 3 nitrogen and oxygen atoms in total. The van der Waals surface area contributed by atoms with Crippen molar-refractivity contribution in [3.63, 3.8) is 0 Å². The van der Waals surface area contributed by atoms with Crippen molar-refractivity contribution in [1.82, 2.24) is 10.3 Å². The predicted molar refractivity (Wildman–Crippen MR) is 86.3 cm³/mol. The van der Waals surface area contributed by atoms with Gasteiger partial charge in [-0.25, -0.2) is 4.98 Å². The van der Waals surface area contributed by atoms with Gasteiger partial charge in [0.25, 0.3) is 0 Å². The third kappa shape index (κ3) is 4.77. The van der Waals surface area contributed by atoms with Crippen LogP contribution >= 0.6 is 11.3 Å². The molecule has 0 aromatic carbocycles. The van der Waals surface area contributed by atoms with E-state index in [0.29, 0.717) is 6.04 Å². The molecule has 0 saturated carbocycles. The van der Waals surface area contributed by atoms with Crippen LogP contribution in [0.2, 0.25) is 0 Å². The molecule has 4 heteroatoms. The van der Waals surface area contributed by atoms with Gasteiger partial charge in [0, 0.05) is 24.0 Å². The Morgan fingerprint density at radius 3 is 2.47 bits per heavy atom. The van der Waals surface area contributed by atoms with Crippen LogP contribution in [0.15, 0.2) is 0 Å². The fourth-order valence-electron chi connectivity index (χ4n) is 2.10. The first-order chi connectivity index (χ1) is 9.13. The molecule has 1 aromatic rings. The molecule has 0 bridgehead atoms. The molecule has 0 aliphatic rings. The minimum atomic E-state index is 0.521. The number of nitrogens with one attached hydrogen (secondary N) is 1. The molecular formula is C15H29N3S. The van der Waals surface area contributed by atoms with E-state index in [0.717, 1.165) is 26.1 Å². The minimum Gasteiger partial charge on any atom is -0.346 e. The summed E-state index contributed by atoms with van der Waals surface area (Å²) in [7, 11) is 0. The van der Waals surface area contributed by atoms with E-state index in [-0.39, 0.29) is 0 Å². The largest absolute Gasteiger partial charge is 0.346 e. The molecule has 1 rings (SSSR count). The summed E-state index contributed by atoms with van der Waals surface area (Å²) in [6, 6.07) is 0.521. The Hall–Kier alpha value is -0.610. The van der Waals surface area contributed by atoms with Crippen molar-refractivity contribution < 1.29 is 0 Å². The molecule has 0 amide bonds. The molecular weight excluding hydrogens is 254 g/mol. The lowest BCUT2D eigenvalue weighted by Crippen LogP contribution is -2.31. The summed E-state index contributed by atoms with van der Waals surface area (Å²) < 4.78 is 0. The summed E-state index contributed by atoms with van der Waals surface area (Å²) >= 11 is 1.86. The maximum absolute atomic E-state index is 4.85. The second kappa shape index (κ2) is 8.54. The highest BCUT2D eigenvalue weighted by atomic mass is 32.1. The summed E-state index contributed by atoms with van der Waals surface area (Å²) in [5, 5.41) is 4.69. The van der Waals surface area contributed by atoms with Crippen LogP contribution in [0.3, 0.4) is 0 Å². The molecule has 0 atom stereocenters. The van der Waals surface area contributed by atoms with Crippen LogP contribution in [0, 0.1) is 0 Å². The van der Waals surface area contributed by atoms with Gasteiger partial charge in [0.15, 0.2) is 5.13 Å². The standard InChI is InChI=1S/C15H29N3S/c1-6-9-16-11-14-13(8-3)17-15(19-14)18(10-7-2)12(4)5/h12,16H,6-11H2,1-5H3. The second-order valence-electron chi connectivity index (χ2n) is 5.18. The van der Waals surface area contributed by atoms with Gasteiger partial charge in [-0.15, -0.1) is 11.3 Å². The van der Waals surface area contributed by atoms with Crippen molar-refractivity contribution in [2.75, 3.05) is 18.0 Å². The average Bonchev–Trinajstić information content (AvgIpc) is 2.79. The van der Waals surface area contributed by atoms with E-state index in [1.54, 1.807) is 0 Å². The van der Waals surface area contributed by atoms with E-state index < -0.39 is 0 Å². The Labute approximate surface area is 122 Å². The smallest absolute Gasteiger partial charge is 0.186 e. The summed E-state index contributed by atoms with van der Waals surface area (Å²) in [6.45, 7) is 14.3. The van der Waals surface area contributed by atoms with Gasteiger partial charge >= 0.3 is 0 Å². The quantitative estimate of drug-likeness (QED) is 0.698. The zero-order valence-corrected chi connectivity index (χ0v) is 13.9. The van der Waals surface area contributed by atoms with Gasteiger partial charge in [0.05, 0.1) is 5.69 Å². The van der Waals surface area contributed by atoms with Crippen LogP contribution < -0.4 is 10.2 Å². The van der Waals surface area contributed by atoms with E-state index in [4.69, 9.17) is 4.98 Å². The summed E-state index contributed by atoms with van der Waals surface area (Å²) in [4.78, 5) is 8.69. The van der Waals surface area contributed by atoms with Crippen molar-refractivity contribution in [3.8, 4) is 0 Å². The molecule has 19 heavy (non-hydrogen) atoms. The molecule has 1 heterocycles. The van der Waals surface area contributed by atoms with Crippen LogP contribution in [0.5, 0.6) is 0 Å². The lowest BCUT2D eigenvalue weighted by Gasteiger charge is -2.25. The topological polar surface area (TPSA) is 28.2 Å². The Balaban J connectivity index is 2.83. The molecule has 0 fully saturated rings. The molecule has 110 valence electrons. The first kappa shape index (κ1) is 16.4. The molecule has 1 N–H and O–H groups in total. The number of hydrogen-bond acceptors (Lipinski definition) is 4. The maximum atomic E-state index is 4.85. The van der Waals surface area contributed by atoms with E-state index in [1.807, 2.05) is 11.3 Å². The van der Waals surface area contributed by atoms with Crippen LogP contribution in [0.1, 0.15) is 58.0 Å². The van der Waals surface area contributed by atoms with Crippen molar-refractivity contribution in [2.24, 2.45) is 0 Å². The number of aromatic nitrogens is 1. The molecule has 0 saturated heterocycles. The van der Waals surface area contributed by atoms with Crippen LogP contribution in [-0.4, -0.2) is 24.1 Å². The van der Waals surface area contributed by atoms with Crippen molar-refractivity contribution in [2.45, 2.75) is 66.5 Å². The number of anilines is 1. The fourth-order valence-corrected chi connectivity index (χ4v) is 3.38. The van der Waals surface area contributed by atoms with Crippen molar-refractivity contribution in [1.29, 1.82) is 0 Å². The van der Waals surface area contributed by atoms with E-state index in [2.05, 4.69) is 44.8 Å². The Bertz CT molecular complexity index is 360. The third-order valence-electron chi connectivity index (χ3n) is 3.15. The normalized spacial score (nSPS) is 11.3. The second-order valence-corrected chi connectivity index (χ2v) is 6.25. The van der Waals surface area contributed by atoms with Crippen LogP contribution in [0.4, 0.5) is 5.13 Å². The van der Waals surface area contributed by atoms with Gasteiger partial charge in [0.1, 0.15) is 0 Å². The third-order valence-corrected chi connectivity index (χ3v) is 4.28. The molecule has 1 aromatic heterocycles. The Kier molecular flexibility index (Phi) is 7.39. The zero-order valence-electron chi connectivity index (χ0n) is 13.1. The van der Waals surface area contributed by atoms with Crippen molar-refractivity contribution in [3.05, 3.63) is 10.6 Å². The van der Waals surface area contributed by atoms with Gasteiger partial charge < -0.3 is 10.2 Å². The monoisotopic (exact) mass is 283 g/mol. The molecule has 0 spiro atoms. The zero-order chi connectivity index (χ0) is 14.3. The summed E-state index contributed by atoms with van der Waals surface area (Å²) in [5.74, 6) is 0. The number of hydrogen-bond donors (Lipinski definition) is 1. The van der Waals surface area contributed by atoms with Crippen molar-refractivity contribution >= 4 is 16.5 Å². The lowest BCUT2D eigenvalue weighted by atomic mass is 10.3. The Morgan fingerprint density at radius 1 is 1.21 bits per heavy atom. The average molecular weight is 283 g/mol. The number of aryl methyl sites for hydroxylation is 1. The summed E-state index contributed by atoms with van der Waals surface area (Å²) in [5.41, 5.74) is 1.27. The summed E-state index contributed by atoms with van der Waals surface area (Å²) in [6.07, 6.45) is 3.38. The van der Waals surface area contributed by atoms with E-state index >= 15 is 0 Å². The van der Waals surface area contributed by atoms with Crippen LogP contribution in [0.25, 0.3) is 0 Å². The van der Waals surface area contributed by atoms with Gasteiger partial charge in [-0.1, -0.05) is 20.8 Å². The predicted octanol–water partition coefficient (Wildman–Crippen LogP) is 3.83. The lowest BCUT2D eigenvalue weighted by molar-refractivity contribution is 0.666. The SMILES string of the molecule is CCCNCc1sc(N(CCC)C(C)C)nc1CC. The van der Waals surface area contributed by atoms with Gasteiger partial charge in [-0.3, -0.25) is 0 Å². The van der Waals surface area contributed by atoms with Gasteiger partial charge in [-0.05, 0) is 39.7 Å². The van der Waals surface area contributed by atoms with Gasteiger partial charge in [-0.2, -0.15) is 0 Å². The number of nitrogens with zero attached hydrogens (tertiary/aromatic N) is 2. The van der Waals surface area contributed by atoms with E-state index in [9.17, 15) is 0 Å². The first-order valence-electron chi connectivity index (χ1n) is 7.59. The fraction of sp³-hybridized carbons (Fsp3) is 0.800. The van der Waals surface area contributed by atoms with E-state index in [1.165, 1.54) is 28.5 Å². The highest BCUT2D eigenvalue weighted by Gasteiger charge is 2.16. The number of thiazole rings is 1. The number of rotatable bonds is 9. The Morgan fingerprint density at radius 2 is 1.95 bits per heavy atom. The molecule has 0 radical (unpaired) electrons. The highest BCUT2D eigenvalue weighted by Crippen LogP contribution is 2.28. The molecule has 0 aliphatic carbocycles. The molecule has 0 unspecified atom stereocenters. The molecule has 0 aliphatic heterocycles. The van der Waals surface area contributed by atoms with Crippen LogP contribution in [-0.2, 0) is 13.0 Å². The first-order valence-corrected chi connectivity index (χ1v) is 8.41. The maximum Gasteiger partial charge on any atom is 0.186 e.